The van der Waals surface area contributed by atoms with Crippen molar-refractivity contribution in [3.8, 4) is 0 Å². The second-order valence-corrected chi connectivity index (χ2v) is 15.4. The Labute approximate surface area is 278 Å². The normalized spacial score (nSPS) is 18.4. The highest BCUT2D eigenvalue weighted by Gasteiger charge is 2.43. The van der Waals surface area contributed by atoms with Crippen LogP contribution in [-0.4, -0.2) is 78.4 Å². The van der Waals surface area contributed by atoms with Crippen LogP contribution in [0.2, 0.25) is 0 Å². The van der Waals surface area contributed by atoms with E-state index < -0.39 is 16.1 Å². The van der Waals surface area contributed by atoms with Crippen molar-refractivity contribution in [3.05, 3.63) is 106 Å². The molecule has 0 aromatic heterocycles. The van der Waals surface area contributed by atoms with Crippen molar-refractivity contribution in [1.82, 2.24) is 4.90 Å². The highest BCUT2D eigenvalue weighted by atomic mass is 32.2. The monoisotopic (exact) mass is 664 g/mol. The van der Waals surface area contributed by atoms with Gasteiger partial charge in [-0.1, -0.05) is 50.3 Å². The molecule has 0 bridgehead atoms. The van der Waals surface area contributed by atoms with Crippen molar-refractivity contribution in [2.24, 2.45) is 0 Å². The van der Waals surface area contributed by atoms with Gasteiger partial charge in [-0.25, -0.2) is 0 Å². The molecule has 0 atom stereocenters. The van der Waals surface area contributed by atoms with Gasteiger partial charge in [-0.15, -0.1) is 11.8 Å². The lowest BCUT2D eigenvalue weighted by atomic mass is 9.81. The predicted octanol–water partition coefficient (Wildman–Crippen LogP) is 6.53. The van der Waals surface area contributed by atoms with Gasteiger partial charge in [-0.3, -0.25) is 14.2 Å². The number of carbonyl (C=O) groups is 1. The topological polar surface area (TPSA) is 101 Å². The summed E-state index contributed by atoms with van der Waals surface area (Å²) in [5.74, 6) is -1.11. The minimum atomic E-state index is -4.02. The lowest BCUT2D eigenvalue weighted by Crippen LogP contribution is -2.28. The number of para-hydroxylation sites is 1. The number of likely N-dealkylation sites (N-methyl/N-ethyl adjacent to an activating group) is 1. The average molecular weight is 665 g/mol. The molecule has 2 aliphatic heterocycles. The summed E-state index contributed by atoms with van der Waals surface area (Å²) in [5.41, 5.74) is 7.46. The van der Waals surface area contributed by atoms with Crippen molar-refractivity contribution in [2.45, 2.75) is 51.5 Å². The van der Waals surface area contributed by atoms with E-state index in [-0.39, 0.29) is 23.1 Å². The van der Waals surface area contributed by atoms with E-state index in [0.717, 1.165) is 27.5 Å². The Balaban J connectivity index is 1.53. The maximum Gasteiger partial charge on any atom is 0.317 e. The Bertz CT molecular complexity index is 1750. The fraction of sp³-hybridized carbons (Fsp3) is 0.389. The summed E-state index contributed by atoms with van der Waals surface area (Å²) >= 11 is 1.66. The first-order valence-electron chi connectivity index (χ1n) is 15.3. The van der Waals surface area contributed by atoms with Gasteiger partial charge in [0.15, 0.2) is 5.71 Å². The zero-order chi connectivity index (χ0) is 33.9. The Hall–Kier alpha value is -3.44. The van der Waals surface area contributed by atoms with Gasteiger partial charge in [0.2, 0.25) is 5.69 Å². The number of benzene rings is 2. The molecule has 10 heteroatoms. The van der Waals surface area contributed by atoms with Crippen LogP contribution < -0.4 is 4.90 Å². The third kappa shape index (κ3) is 7.91. The van der Waals surface area contributed by atoms with E-state index in [2.05, 4.69) is 105 Å². The van der Waals surface area contributed by atoms with Crippen molar-refractivity contribution >= 4 is 44.9 Å². The molecule has 2 heterocycles. The number of hydrogen-bond acceptors (Lipinski definition) is 6. The molecule has 246 valence electrons. The largest absolute Gasteiger partial charge is 0.480 e. The van der Waals surface area contributed by atoms with E-state index in [1.54, 1.807) is 16.7 Å². The molecule has 0 amide bonds. The standard InChI is InChI=1S/C36H45N3O5S2/c1-35(2)28-15-8-9-16-31(28)39(21-12-22-46(42,43)44)33(35)18-11-14-27(45-7)13-10-17-32-36(3,4)29-23-26(19-20-30(29)38(32)6)24-37(5)25-34(40)41/h8-11,13-20,23H,12,21-22,24-25H2,1-7H3,(H-,40,41,42,43,44)/p+1. The summed E-state index contributed by atoms with van der Waals surface area (Å²) in [6.07, 6.45) is 14.9. The molecule has 0 saturated carbocycles. The second kappa shape index (κ2) is 14.1. The Morgan fingerprint density at radius 3 is 2.46 bits per heavy atom. The Morgan fingerprint density at radius 1 is 1.07 bits per heavy atom. The van der Waals surface area contributed by atoms with Crippen LogP contribution in [0.5, 0.6) is 0 Å². The van der Waals surface area contributed by atoms with E-state index in [1.165, 1.54) is 16.8 Å². The van der Waals surface area contributed by atoms with Crippen molar-refractivity contribution in [2.75, 3.05) is 44.1 Å². The van der Waals surface area contributed by atoms with Gasteiger partial charge in [0.1, 0.15) is 7.05 Å². The molecule has 0 unspecified atom stereocenters. The van der Waals surface area contributed by atoms with Crippen molar-refractivity contribution < 1.29 is 27.4 Å². The number of anilines is 1. The molecule has 2 N–H and O–H groups in total. The van der Waals surface area contributed by atoms with E-state index >= 15 is 0 Å². The SMILES string of the molecule is CSC(=C\C=C\C1=[N+](C)c2ccc(CN(C)CC(=O)O)cc2C1(C)C)/C=C/C=C1/N(CCCS(=O)(=O)O)c2ccccc2C1(C)C. The summed E-state index contributed by atoms with van der Waals surface area (Å²) < 4.78 is 34.2. The number of aliphatic carboxylic acids is 1. The summed E-state index contributed by atoms with van der Waals surface area (Å²) in [5, 5.41) is 9.12. The first-order valence-corrected chi connectivity index (χ1v) is 18.2. The molecule has 0 fully saturated rings. The van der Waals surface area contributed by atoms with Gasteiger partial charge in [0, 0.05) is 52.5 Å². The fourth-order valence-electron chi connectivity index (χ4n) is 6.53. The molecule has 2 aromatic carbocycles. The van der Waals surface area contributed by atoms with Crippen molar-refractivity contribution in [3.63, 3.8) is 0 Å². The smallest absolute Gasteiger partial charge is 0.317 e. The third-order valence-corrected chi connectivity index (χ3v) is 10.4. The van der Waals surface area contributed by atoms with Crippen LogP contribution in [0.25, 0.3) is 0 Å². The van der Waals surface area contributed by atoms with Gasteiger partial charge < -0.3 is 10.0 Å². The van der Waals surface area contributed by atoms with Gasteiger partial charge in [-0.2, -0.15) is 13.0 Å². The number of carboxylic acid groups (broad SMARTS) is 1. The number of hydrogen-bond donors (Lipinski definition) is 2. The van der Waals surface area contributed by atoms with E-state index in [0.29, 0.717) is 19.5 Å². The molecule has 0 saturated heterocycles. The second-order valence-electron chi connectivity index (χ2n) is 13.0. The number of nitrogens with zero attached hydrogens (tertiary/aromatic N) is 3. The molecular formula is C36H46N3O5S2+. The van der Waals surface area contributed by atoms with Crippen LogP contribution in [0.4, 0.5) is 11.4 Å². The van der Waals surface area contributed by atoms with Crippen LogP contribution in [0.15, 0.2) is 89.5 Å². The summed E-state index contributed by atoms with van der Waals surface area (Å²) in [6.45, 7) is 9.83. The maximum atomic E-state index is 11.4. The molecule has 2 aliphatic rings. The molecule has 2 aromatic rings. The zero-order valence-corrected chi connectivity index (χ0v) is 29.5. The van der Waals surface area contributed by atoms with E-state index in [1.807, 2.05) is 31.5 Å². The van der Waals surface area contributed by atoms with Crippen LogP contribution in [-0.2, 0) is 32.3 Å². The van der Waals surface area contributed by atoms with Crippen LogP contribution >= 0.6 is 11.8 Å². The van der Waals surface area contributed by atoms with Gasteiger partial charge in [0.25, 0.3) is 10.1 Å². The Kier molecular flexibility index (Phi) is 10.9. The number of thioether (sulfide) groups is 1. The fourth-order valence-corrected chi connectivity index (χ4v) is 7.45. The number of fused-ring (bicyclic) bond motifs is 2. The molecule has 46 heavy (non-hydrogen) atoms. The predicted molar refractivity (Wildman–Crippen MR) is 190 cm³/mol. The summed E-state index contributed by atoms with van der Waals surface area (Å²) in [4.78, 5) is 16.2. The lowest BCUT2D eigenvalue weighted by molar-refractivity contribution is -0.401. The third-order valence-electron chi connectivity index (χ3n) is 8.80. The summed E-state index contributed by atoms with van der Waals surface area (Å²) in [6, 6.07) is 14.6. The van der Waals surface area contributed by atoms with Crippen molar-refractivity contribution in [1.29, 1.82) is 0 Å². The van der Waals surface area contributed by atoms with Crippen LogP contribution in [0, 0.1) is 0 Å². The highest BCUT2D eigenvalue weighted by Crippen LogP contribution is 2.47. The quantitative estimate of drug-likeness (QED) is 0.142. The summed E-state index contributed by atoms with van der Waals surface area (Å²) in [7, 11) is -0.126. The minimum Gasteiger partial charge on any atom is -0.480 e. The van der Waals surface area contributed by atoms with E-state index in [4.69, 9.17) is 5.11 Å². The van der Waals surface area contributed by atoms with Crippen LogP contribution in [0.1, 0.15) is 50.8 Å². The first kappa shape index (κ1) is 35.4. The number of rotatable bonds is 13. The molecule has 4 rings (SSSR count). The molecule has 0 aliphatic carbocycles. The average Bonchev–Trinajstić information content (AvgIpc) is 3.29. The molecular weight excluding hydrogens is 619 g/mol. The van der Waals surface area contributed by atoms with Crippen LogP contribution in [0.3, 0.4) is 0 Å². The molecule has 8 nitrogen and oxygen atoms in total. The number of allylic oxidation sites excluding steroid dienone is 7. The maximum absolute atomic E-state index is 11.4. The Morgan fingerprint density at radius 2 is 1.78 bits per heavy atom. The lowest BCUT2D eigenvalue weighted by Gasteiger charge is -2.27. The number of carboxylic acids is 1. The molecule has 0 radical (unpaired) electrons. The first-order chi connectivity index (χ1) is 21.6. The molecule has 0 spiro atoms. The van der Waals surface area contributed by atoms with Gasteiger partial charge in [0.05, 0.1) is 17.7 Å². The van der Waals surface area contributed by atoms with Gasteiger partial charge in [-0.05, 0) is 75.1 Å². The van der Waals surface area contributed by atoms with E-state index in [9.17, 15) is 17.8 Å². The minimum absolute atomic E-state index is 0.00310. The zero-order valence-electron chi connectivity index (χ0n) is 27.8. The van der Waals surface area contributed by atoms with Gasteiger partial charge >= 0.3 is 5.97 Å². The highest BCUT2D eigenvalue weighted by molar-refractivity contribution is 8.02.